The maximum Gasteiger partial charge on any atom is 0.160 e. The Hall–Kier alpha value is -5.79. The summed E-state index contributed by atoms with van der Waals surface area (Å²) in [5.74, 6) is 1.77. The molecule has 4 heteroatoms. The van der Waals surface area contributed by atoms with Gasteiger partial charge in [-0.05, 0) is 90.3 Å². The number of benzene rings is 4. The fraction of sp³-hybridized carbons (Fsp3) is 0.213. The van der Waals surface area contributed by atoms with Crippen LogP contribution < -0.4 is 0 Å². The van der Waals surface area contributed by atoms with E-state index in [4.69, 9.17) is 14.4 Å². The lowest BCUT2D eigenvalue weighted by molar-refractivity contribution is 0.338. The Bertz CT molecular complexity index is 2500. The first-order chi connectivity index (χ1) is 25.2. The summed E-state index contributed by atoms with van der Waals surface area (Å²) in [4.78, 5) is 10.5. The predicted molar refractivity (Wildman–Crippen MR) is 206 cm³/mol. The minimum atomic E-state index is 0.0558. The van der Waals surface area contributed by atoms with Crippen LogP contribution in [0.5, 0.6) is 0 Å². The highest BCUT2D eigenvalue weighted by atomic mass is 16.3. The minimum absolute atomic E-state index is 0.0558. The number of furan rings is 1. The molecular weight excluding hydrogens is 623 g/mol. The van der Waals surface area contributed by atoms with Crippen LogP contribution in [-0.2, 0) is 11.8 Å². The number of allylic oxidation sites excluding steroid dienone is 5. The Kier molecular flexibility index (Phi) is 7.03. The maximum absolute atomic E-state index is 9.80. The molecule has 4 nitrogen and oxygen atoms in total. The van der Waals surface area contributed by atoms with Crippen molar-refractivity contribution in [3.05, 3.63) is 143 Å². The van der Waals surface area contributed by atoms with Crippen molar-refractivity contribution in [2.45, 2.75) is 63.2 Å². The van der Waals surface area contributed by atoms with Gasteiger partial charge in [0.25, 0.3) is 0 Å². The lowest BCUT2D eigenvalue weighted by atomic mass is 9.65. The van der Waals surface area contributed by atoms with E-state index >= 15 is 0 Å². The summed E-state index contributed by atoms with van der Waals surface area (Å²) in [6.07, 6.45) is 16.5. The molecule has 4 aliphatic rings. The SMILES string of the molecule is N#CC1=CC2=C(CC1)C1(CCCCC1)c1cc(-c3cc(-c4ccc5c6c(oc5c4)CCC=C6)nc(-c4ccc(-c5ccccc5)cc4)n3)ccc12. The van der Waals surface area contributed by atoms with Gasteiger partial charge in [-0.15, -0.1) is 0 Å². The van der Waals surface area contributed by atoms with Gasteiger partial charge < -0.3 is 4.42 Å². The van der Waals surface area contributed by atoms with Gasteiger partial charge in [0.15, 0.2) is 5.82 Å². The molecule has 10 rings (SSSR count). The molecule has 0 saturated heterocycles. The predicted octanol–water partition coefficient (Wildman–Crippen LogP) is 12.1. The van der Waals surface area contributed by atoms with Crippen LogP contribution in [0.25, 0.3) is 67.6 Å². The van der Waals surface area contributed by atoms with Crippen molar-refractivity contribution in [2.24, 2.45) is 0 Å². The molecular formula is C47H37N3O. The Labute approximate surface area is 298 Å². The van der Waals surface area contributed by atoms with Crippen LogP contribution in [-0.4, -0.2) is 9.97 Å². The zero-order valence-electron chi connectivity index (χ0n) is 28.6. The highest BCUT2D eigenvalue weighted by Crippen LogP contribution is 2.58. The standard InChI is InChI=1S/C47H37N3O/c48-29-30-13-22-40-39(25-30)36-20-18-34(26-41(36)47(40)23-7-2-8-24-47)42-28-43(35-19-21-38-37-11-5-6-12-44(37)51-45(38)27-35)50-46(49-42)33-16-14-32(15-17-33)31-9-3-1-4-10-31/h1,3-5,9-11,14-21,25-28H,2,6-8,12-13,22-24H2. The fourth-order valence-corrected chi connectivity index (χ4v) is 9.20. The van der Waals surface area contributed by atoms with Crippen molar-refractivity contribution >= 4 is 22.6 Å². The molecule has 6 aromatic rings. The second-order valence-corrected chi connectivity index (χ2v) is 14.6. The summed E-state index contributed by atoms with van der Waals surface area (Å²) in [5.41, 5.74) is 15.9. The van der Waals surface area contributed by atoms with E-state index in [9.17, 15) is 5.26 Å². The van der Waals surface area contributed by atoms with Crippen molar-refractivity contribution in [1.29, 1.82) is 5.26 Å². The summed E-state index contributed by atoms with van der Waals surface area (Å²) in [6.45, 7) is 0. The second-order valence-electron chi connectivity index (χ2n) is 14.6. The van der Waals surface area contributed by atoms with Gasteiger partial charge in [-0.3, -0.25) is 0 Å². The number of nitrogens with zero attached hydrogens (tertiary/aromatic N) is 3. The summed E-state index contributed by atoms with van der Waals surface area (Å²) in [6, 6.07) is 37.1. The molecule has 0 aliphatic heterocycles. The minimum Gasteiger partial charge on any atom is -0.460 e. The van der Waals surface area contributed by atoms with Gasteiger partial charge in [0.05, 0.1) is 17.5 Å². The van der Waals surface area contributed by atoms with Crippen LogP contribution in [0.15, 0.2) is 125 Å². The van der Waals surface area contributed by atoms with Crippen LogP contribution in [0, 0.1) is 11.3 Å². The van der Waals surface area contributed by atoms with Crippen LogP contribution in [0.2, 0.25) is 0 Å². The summed E-state index contributed by atoms with van der Waals surface area (Å²) >= 11 is 0. The third-order valence-corrected chi connectivity index (χ3v) is 11.7. The van der Waals surface area contributed by atoms with E-state index < -0.39 is 0 Å². The van der Waals surface area contributed by atoms with Crippen LogP contribution in [0.1, 0.15) is 73.8 Å². The smallest absolute Gasteiger partial charge is 0.160 e. The van der Waals surface area contributed by atoms with Gasteiger partial charge in [0, 0.05) is 45.0 Å². The number of aromatic nitrogens is 2. The quantitative estimate of drug-likeness (QED) is 0.189. The number of hydrogen-bond donors (Lipinski definition) is 0. The molecule has 1 spiro atoms. The first-order valence-electron chi connectivity index (χ1n) is 18.4. The van der Waals surface area contributed by atoms with Crippen LogP contribution in [0.4, 0.5) is 0 Å². The Morgan fingerprint density at radius 3 is 2.22 bits per heavy atom. The van der Waals surface area contributed by atoms with Crippen molar-refractivity contribution in [1.82, 2.24) is 9.97 Å². The van der Waals surface area contributed by atoms with E-state index in [0.717, 1.165) is 76.1 Å². The molecule has 51 heavy (non-hydrogen) atoms. The van der Waals surface area contributed by atoms with E-state index in [1.807, 2.05) is 6.07 Å². The van der Waals surface area contributed by atoms with Crippen molar-refractivity contribution in [3.63, 3.8) is 0 Å². The Balaban J connectivity index is 1.12. The molecule has 4 aromatic carbocycles. The number of fused-ring (bicyclic) bond motifs is 7. The Morgan fingerprint density at radius 1 is 0.686 bits per heavy atom. The summed E-state index contributed by atoms with van der Waals surface area (Å²) in [5, 5.41) is 11.0. The molecule has 0 N–H and O–H groups in total. The fourth-order valence-electron chi connectivity index (χ4n) is 9.20. The monoisotopic (exact) mass is 659 g/mol. The third-order valence-electron chi connectivity index (χ3n) is 11.7. The molecule has 2 heterocycles. The summed E-state index contributed by atoms with van der Waals surface area (Å²) < 4.78 is 6.39. The molecule has 4 aliphatic carbocycles. The first-order valence-corrected chi connectivity index (χ1v) is 18.4. The third kappa shape index (κ3) is 4.94. The molecule has 246 valence electrons. The molecule has 0 unspecified atom stereocenters. The van der Waals surface area contributed by atoms with Crippen molar-refractivity contribution in [2.75, 3.05) is 0 Å². The van der Waals surface area contributed by atoms with Crippen molar-refractivity contribution < 1.29 is 4.42 Å². The zero-order valence-corrected chi connectivity index (χ0v) is 28.6. The van der Waals surface area contributed by atoms with Gasteiger partial charge in [-0.2, -0.15) is 5.26 Å². The van der Waals surface area contributed by atoms with Crippen LogP contribution >= 0.6 is 0 Å². The normalized spacial score (nSPS) is 17.2. The largest absolute Gasteiger partial charge is 0.460 e. The topological polar surface area (TPSA) is 62.7 Å². The van der Waals surface area contributed by atoms with E-state index in [0.29, 0.717) is 5.82 Å². The number of nitriles is 1. The first kappa shape index (κ1) is 30.1. The van der Waals surface area contributed by atoms with E-state index in [1.54, 1.807) is 5.57 Å². The number of rotatable bonds is 4. The average Bonchev–Trinajstić information content (AvgIpc) is 3.70. The molecule has 0 atom stereocenters. The molecule has 1 saturated carbocycles. The number of aryl methyl sites for hydroxylation is 1. The van der Waals surface area contributed by atoms with E-state index in [-0.39, 0.29) is 5.41 Å². The highest BCUT2D eigenvalue weighted by molar-refractivity contribution is 5.93. The van der Waals surface area contributed by atoms with E-state index in [2.05, 4.69) is 115 Å². The van der Waals surface area contributed by atoms with E-state index in [1.165, 1.54) is 65.5 Å². The van der Waals surface area contributed by atoms with Gasteiger partial charge in [-0.1, -0.05) is 110 Å². The molecule has 0 bridgehead atoms. The van der Waals surface area contributed by atoms with Crippen molar-refractivity contribution in [3.8, 4) is 51.1 Å². The second kappa shape index (κ2) is 11.9. The molecule has 1 fully saturated rings. The highest BCUT2D eigenvalue weighted by Gasteiger charge is 2.45. The Morgan fingerprint density at radius 2 is 1.41 bits per heavy atom. The lowest BCUT2D eigenvalue weighted by Gasteiger charge is -2.38. The van der Waals surface area contributed by atoms with Crippen LogP contribution in [0.3, 0.4) is 0 Å². The maximum atomic E-state index is 9.80. The van der Waals surface area contributed by atoms with Gasteiger partial charge in [-0.25, -0.2) is 9.97 Å². The average molecular weight is 660 g/mol. The lowest BCUT2D eigenvalue weighted by Crippen LogP contribution is -2.30. The zero-order chi connectivity index (χ0) is 33.9. The molecule has 0 radical (unpaired) electrons. The number of hydrogen-bond acceptors (Lipinski definition) is 4. The van der Waals surface area contributed by atoms with Gasteiger partial charge in [0.2, 0.25) is 0 Å². The molecule has 2 aromatic heterocycles. The molecule has 0 amide bonds. The summed E-state index contributed by atoms with van der Waals surface area (Å²) in [7, 11) is 0. The van der Waals surface area contributed by atoms with Gasteiger partial charge >= 0.3 is 0 Å². The van der Waals surface area contributed by atoms with Gasteiger partial charge in [0.1, 0.15) is 11.3 Å².